The minimum Gasteiger partial charge on any atom is -0.385 e. The van der Waals surface area contributed by atoms with Gasteiger partial charge in [-0.3, -0.25) is 24.6 Å². The van der Waals surface area contributed by atoms with Crippen LogP contribution in [0.3, 0.4) is 0 Å². The molecule has 21 heavy (non-hydrogen) atoms. The van der Waals surface area contributed by atoms with Gasteiger partial charge in [-0.05, 0) is 13.0 Å². The number of nitro groups is 1. The lowest BCUT2D eigenvalue weighted by Gasteiger charge is -2.13. The fourth-order valence-electron chi connectivity index (χ4n) is 2.18. The second-order valence-electron chi connectivity index (χ2n) is 4.75. The molecule has 1 aliphatic rings. The molecule has 1 atom stereocenters. The number of non-ortho nitro benzene ring substituents is 1. The number of likely N-dealkylation sites (N-methyl/N-ethyl adjacent to an activating group) is 1. The molecule has 1 unspecified atom stereocenters. The summed E-state index contributed by atoms with van der Waals surface area (Å²) < 4.78 is 0. The monoisotopic (exact) mass is 292 g/mol. The highest BCUT2D eigenvalue weighted by molar-refractivity contribution is 6.06. The maximum absolute atomic E-state index is 11.8. The van der Waals surface area contributed by atoms with Crippen LogP contribution in [-0.4, -0.2) is 41.3 Å². The van der Waals surface area contributed by atoms with Crippen molar-refractivity contribution in [2.24, 2.45) is 0 Å². The number of rotatable bonds is 5. The number of benzene rings is 1. The van der Waals surface area contributed by atoms with Crippen molar-refractivity contribution < 1.29 is 14.5 Å². The standard InChI is InChI=1S/C13H16N4O4/c1-3-14-8-4-9(6-10(5-8)17(20)21)15-11-7-12(18)16(2)13(11)19/h4-6,11,14-15H,3,7H2,1-2H3. The van der Waals surface area contributed by atoms with Crippen LogP contribution in [0, 0.1) is 10.1 Å². The molecule has 0 spiro atoms. The number of hydrogen-bond acceptors (Lipinski definition) is 6. The number of nitrogens with one attached hydrogen (secondary N) is 2. The summed E-state index contributed by atoms with van der Waals surface area (Å²) in [7, 11) is 1.42. The molecule has 1 heterocycles. The quantitative estimate of drug-likeness (QED) is 0.480. The van der Waals surface area contributed by atoms with Crippen LogP contribution in [0.15, 0.2) is 18.2 Å². The molecule has 8 nitrogen and oxygen atoms in total. The van der Waals surface area contributed by atoms with Gasteiger partial charge in [-0.1, -0.05) is 0 Å². The fourth-order valence-corrected chi connectivity index (χ4v) is 2.18. The van der Waals surface area contributed by atoms with Crippen molar-refractivity contribution in [3.8, 4) is 0 Å². The second kappa shape index (κ2) is 5.78. The molecule has 2 amide bonds. The van der Waals surface area contributed by atoms with Gasteiger partial charge in [0.15, 0.2) is 0 Å². The Bertz CT molecular complexity index is 602. The second-order valence-corrected chi connectivity index (χ2v) is 4.75. The lowest BCUT2D eigenvalue weighted by molar-refractivity contribution is -0.384. The number of nitro benzene ring substituents is 1. The first-order valence-corrected chi connectivity index (χ1v) is 6.52. The van der Waals surface area contributed by atoms with Gasteiger partial charge in [0, 0.05) is 37.1 Å². The first kappa shape index (κ1) is 14.8. The molecular formula is C13H16N4O4. The van der Waals surface area contributed by atoms with Gasteiger partial charge in [0.25, 0.3) is 11.6 Å². The van der Waals surface area contributed by atoms with Crippen LogP contribution in [0.5, 0.6) is 0 Å². The highest BCUT2D eigenvalue weighted by Gasteiger charge is 2.36. The van der Waals surface area contributed by atoms with Crippen LogP contribution < -0.4 is 10.6 Å². The molecule has 1 aliphatic heterocycles. The Morgan fingerprint density at radius 1 is 1.33 bits per heavy atom. The van der Waals surface area contributed by atoms with E-state index >= 15 is 0 Å². The van der Waals surface area contributed by atoms with E-state index in [1.807, 2.05) is 6.92 Å². The Hall–Kier alpha value is -2.64. The Balaban J connectivity index is 2.25. The average Bonchev–Trinajstić information content (AvgIpc) is 2.66. The lowest BCUT2D eigenvalue weighted by Crippen LogP contribution is -2.31. The third-order valence-electron chi connectivity index (χ3n) is 3.23. The van der Waals surface area contributed by atoms with Crippen LogP contribution in [0.2, 0.25) is 0 Å². The number of carbonyl (C=O) groups is 2. The van der Waals surface area contributed by atoms with Crippen LogP contribution in [-0.2, 0) is 9.59 Å². The number of hydrogen-bond donors (Lipinski definition) is 2. The SMILES string of the molecule is CCNc1cc(NC2CC(=O)N(C)C2=O)cc([N+](=O)[O-])c1. The van der Waals surface area contributed by atoms with Gasteiger partial charge in [0.05, 0.1) is 11.3 Å². The normalized spacial score (nSPS) is 18.0. The van der Waals surface area contributed by atoms with Gasteiger partial charge in [0.1, 0.15) is 6.04 Å². The molecule has 112 valence electrons. The van der Waals surface area contributed by atoms with Crippen molar-refractivity contribution in [1.29, 1.82) is 0 Å². The van der Waals surface area contributed by atoms with Gasteiger partial charge in [-0.25, -0.2) is 0 Å². The van der Waals surface area contributed by atoms with Crippen LogP contribution >= 0.6 is 0 Å². The van der Waals surface area contributed by atoms with Gasteiger partial charge in [-0.2, -0.15) is 0 Å². The van der Waals surface area contributed by atoms with Gasteiger partial charge >= 0.3 is 0 Å². The van der Waals surface area contributed by atoms with E-state index in [9.17, 15) is 19.7 Å². The first-order chi connectivity index (χ1) is 9.92. The third kappa shape index (κ3) is 3.10. The molecule has 2 N–H and O–H groups in total. The summed E-state index contributed by atoms with van der Waals surface area (Å²) in [4.78, 5) is 34.8. The summed E-state index contributed by atoms with van der Waals surface area (Å²) in [5.41, 5.74) is 0.932. The maximum atomic E-state index is 11.8. The number of likely N-dealkylation sites (tertiary alicyclic amines) is 1. The number of anilines is 2. The smallest absolute Gasteiger partial charge is 0.273 e. The van der Waals surface area contributed by atoms with Gasteiger partial charge < -0.3 is 10.6 Å². The summed E-state index contributed by atoms with van der Waals surface area (Å²) in [6.45, 7) is 2.49. The molecule has 0 radical (unpaired) electrons. The van der Waals surface area contributed by atoms with Crippen LogP contribution in [0.25, 0.3) is 0 Å². The summed E-state index contributed by atoms with van der Waals surface area (Å²) in [5.74, 6) is -0.605. The van der Waals surface area contributed by atoms with E-state index < -0.39 is 11.0 Å². The van der Waals surface area contributed by atoms with Gasteiger partial charge in [-0.15, -0.1) is 0 Å². The molecule has 0 aromatic heterocycles. The zero-order chi connectivity index (χ0) is 15.6. The zero-order valence-electron chi connectivity index (χ0n) is 11.8. The molecule has 0 aliphatic carbocycles. The Labute approximate surface area is 121 Å². The number of amides is 2. The molecule has 1 saturated heterocycles. The summed E-state index contributed by atoms with van der Waals surface area (Å²) in [5, 5.41) is 16.8. The van der Waals surface area contributed by atoms with E-state index in [0.29, 0.717) is 17.9 Å². The van der Waals surface area contributed by atoms with E-state index in [0.717, 1.165) is 4.90 Å². The number of imide groups is 1. The summed E-state index contributed by atoms with van der Waals surface area (Å²) in [6, 6.07) is 3.75. The van der Waals surface area contributed by atoms with E-state index in [2.05, 4.69) is 10.6 Å². The average molecular weight is 292 g/mol. The molecule has 1 aromatic carbocycles. The highest BCUT2D eigenvalue weighted by Crippen LogP contribution is 2.26. The topological polar surface area (TPSA) is 105 Å². The molecule has 0 saturated carbocycles. The van der Waals surface area contributed by atoms with E-state index in [1.165, 1.54) is 19.2 Å². The zero-order valence-corrected chi connectivity index (χ0v) is 11.8. The predicted molar refractivity (Wildman–Crippen MR) is 77.1 cm³/mol. The van der Waals surface area contributed by atoms with E-state index in [4.69, 9.17) is 0 Å². The molecular weight excluding hydrogens is 276 g/mol. The minimum atomic E-state index is -0.681. The first-order valence-electron chi connectivity index (χ1n) is 6.52. The van der Waals surface area contributed by atoms with Crippen LogP contribution in [0.4, 0.5) is 17.1 Å². The number of carbonyl (C=O) groups excluding carboxylic acids is 2. The van der Waals surface area contributed by atoms with Crippen molar-refractivity contribution in [2.45, 2.75) is 19.4 Å². The molecule has 2 rings (SSSR count). The van der Waals surface area contributed by atoms with Gasteiger partial charge in [0.2, 0.25) is 5.91 Å². The number of nitrogens with zero attached hydrogens (tertiary/aromatic N) is 2. The Morgan fingerprint density at radius 3 is 2.52 bits per heavy atom. The highest BCUT2D eigenvalue weighted by atomic mass is 16.6. The minimum absolute atomic E-state index is 0.0502. The van der Waals surface area contributed by atoms with Crippen LogP contribution in [0.1, 0.15) is 13.3 Å². The fraction of sp³-hybridized carbons (Fsp3) is 0.385. The Kier molecular flexibility index (Phi) is 4.06. The summed E-state index contributed by atoms with van der Waals surface area (Å²) in [6.07, 6.45) is 0.0502. The van der Waals surface area contributed by atoms with Crippen molar-refractivity contribution in [3.63, 3.8) is 0 Å². The van der Waals surface area contributed by atoms with Crippen molar-refractivity contribution in [3.05, 3.63) is 28.3 Å². The molecule has 1 fully saturated rings. The Morgan fingerprint density at radius 2 is 2.00 bits per heavy atom. The van der Waals surface area contributed by atoms with Crippen molar-refractivity contribution >= 4 is 28.9 Å². The van der Waals surface area contributed by atoms with Crippen molar-refractivity contribution in [2.75, 3.05) is 24.2 Å². The van der Waals surface area contributed by atoms with E-state index in [1.54, 1.807) is 6.07 Å². The summed E-state index contributed by atoms with van der Waals surface area (Å²) >= 11 is 0. The predicted octanol–water partition coefficient (Wildman–Crippen LogP) is 1.20. The van der Waals surface area contributed by atoms with E-state index in [-0.39, 0.29) is 23.9 Å². The third-order valence-corrected chi connectivity index (χ3v) is 3.23. The largest absolute Gasteiger partial charge is 0.385 e. The molecule has 0 bridgehead atoms. The van der Waals surface area contributed by atoms with Crippen molar-refractivity contribution in [1.82, 2.24) is 4.90 Å². The maximum Gasteiger partial charge on any atom is 0.273 e. The lowest BCUT2D eigenvalue weighted by atomic mass is 10.2. The molecule has 1 aromatic rings. The molecule has 8 heteroatoms.